The lowest BCUT2D eigenvalue weighted by molar-refractivity contribution is 0.143. The van der Waals surface area contributed by atoms with E-state index in [0.717, 1.165) is 76.2 Å². The number of hydrogen-bond acceptors (Lipinski definition) is 6. The molecule has 0 bridgehead atoms. The van der Waals surface area contributed by atoms with E-state index < -0.39 is 11.6 Å². The molecule has 41 heavy (non-hydrogen) atoms. The molecule has 0 radical (unpaired) electrons. The summed E-state index contributed by atoms with van der Waals surface area (Å²) in [6.07, 6.45) is 7.91. The zero-order valence-electron chi connectivity index (χ0n) is 24.1. The molecule has 0 saturated carbocycles. The zero-order chi connectivity index (χ0) is 28.6. The molecule has 3 heterocycles. The third-order valence-electron chi connectivity index (χ3n) is 9.53. The maximum atomic E-state index is 11.5. The minimum absolute atomic E-state index is 0.0696. The van der Waals surface area contributed by atoms with Crippen LogP contribution >= 0.6 is 0 Å². The molecule has 0 unspecified atom stereocenters. The molecule has 1 aliphatic carbocycles. The standard InChI is InChI=1S/C33H41N5O3/c1-32(2,36-31(40)41)20-26-25-12-5-3-11-24(25)19-33(26)14-17-37(18-15-33)30-27(22-39)35-29(21-34-30)38-16-8-7-10-23-9-4-6-13-28(23)38/h3-6,9,11-13,21,26,36,39H,7-8,10,14-20,22H2,1-2H3,(H,40,41)/t26-/m1/s1. The van der Waals surface area contributed by atoms with Gasteiger partial charge in [-0.3, -0.25) is 0 Å². The van der Waals surface area contributed by atoms with Crippen LogP contribution in [0.3, 0.4) is 0 Å². The second-order valence-electron chi connectivity index (χ2n) is 12.7. The van der Waals surface area contributed by atoms with Crippen LogP contribution in [-0.2, 0) is 19.4 Å². The molecule has 1 spiro atoms. The highest BCUT2D eigenvalue weighted by Crippen LogP contribution is 2.56. The Morgan fingerprint density at radius 3 is 2.54 bits per heavy atom. The number of carboxylic acid groups (broad SMARTS) is 1. The smallest absolute Gasteiger partial charge is 0.405 e. The maximum Gasteiger partial charge on any atom is 0.405 e. The SMILES string of the molecule is CC(C)(C[C@@H]1c2ccccc2CC12CCN(c1ncc(N3CCCCc4ccccc43)nc1CO)CC2)NC(=O)O. The number of piperidine rings is 1. The van der Waals surface area contributed by atoms with Gasteiger partial charge in [0.2, 0.25) is 0 Å². The average Bonchev–Trinajstić information content (AvgIpc) is 3.09. The predicted octanol–water partition coefficient (Wildman–Crippen LogP) is 5.81. The van der Waals surface area contributed by atoms with Crippen molar-refractivity contribution in [2.45, 2.75) is 76.9 Å². The number of para-hydroxylation sites is 1. The number of aromatic nitrogens is 2. The predicted molar refractivity (Wildman–Crippen MR) is 161 cm³/mol. The third-order valence-corrected chi connectivity index (χ3v) is 9.53. The summed E-state index contributed by atoms with van der Waals surface area (Å²) in [4.78, 5) is 25.9. The summed E-state index contributed by atoms with van der Waals surface area (Å²) in [5.74, 6) is 1.84. The topological polar surface area (TPSA) is 102 Å². The van der Waals surface area contributed by atoms with Gasteiger partial charge < -0.3 is 25.3 Å². The van der Waals surface area contributed by atoms with E-state index in [2.05, 4.69) is 63.6 Å². The summed E-state index contributed by atoms with van der Waals surface area (Å²) in [7, 11) is 0. The van der Waals surface area contributed by atoms with Crippen LogP contribution in [0.2, 0.25) is 0 Å². The number of benzene rings is 2. The number of nitrogens with one attached hydrogen (secondary N) is 1. The lowest BCUT2D eigenvalue weighted by Crippen LogP contribution is -2.48. The van der Waals surface area contributed by atoms with Crippen molar-refractivity contribution in [2.24, 2.45) is 5.41 Å². The molecule has 3 aliphatic rings. The number of anilines is 3. The normalized spacial score (nSPS) is 19.9. The molecule has 2 aromatic carbocycles. The van der Waals surface area contributed by atoms with E-state index in [1.807, 2.05) is 20.0 Å². The van der Waals surface area contributed by atoms with Gasteiger partial charge in [-0.05, 0) is 92.9 Å². The quantitative estimate of drug-likeness (QED) is 0.353. The highest BCUT2D eigenvalue weighted by atomic mass is 16.4. The average molecular weight is 556 g/mol. The number of aliphatic hydroxyl groups is 1. The van der Waals surface area contributed by atoms with Gasteiger partial charge in [0.25, 0.3) is 0 Å². The Morgan fingerprint density at radius 2 is 1.78 bits per heavy atom. The van der Waals surface area contributed by atoms with Crippen molar-refractivity contribution in [3.05, 3.63) is 77.1 Å². The number of hydrogen-bond donors (Lipinski definition) is 3. The molecule has 1 saturated heterocycles. The largest absolute Gasteiger partial charge is 0.465 e. The van der Waals surface area contributed by atoms with E-state index in [0.29, 0.717) is 5.69 Å². The Labute approximate surface area is 242 Å². The van der Waals surface area contributed by atoms with E-state index >= 15 is 0 Å². The first-order chi connectivity index (χ1) is 19.8. The van der Waals surface area contributed by atoms with Crippen molar-refractivity contribution in [1.82, 2.24) is 15.3 Å². The second-order valence-corrected chi connectivity index (χ2v) is 12.7. The first-order valence-corrected chi connectivity index (χ1v) is 14.9. The number of amides is 1. The van der Waals surface area contributed by atoms with Gasteiger partial charge in [0.05, 0.1) is 12.8 Å². The minimum atomic E-state index is -0.979. The van der Waals surface area contributed by atoms with Crippen LogP contribution in [0.25, 0.3) is 0 Å². The molecule has 1 aromatic heterocycles. The van der Waals surface area contributed by atoms with Crippen LogP contribution in [0, 0.1) is 5.41 Å². The lowest BCUT2D eigenvalue weighted by atomic mass is 9.66. The fraction of sp³-hybridized carbons (Fsp3) is 0.485. The van der Waals surface area contributed by atoms with Crippen molar-refractivity contribution >= 4 is 23.4 Å². The highest BCUT2D eigenvalue weighted by Gasteiger charge is 2.49. The van der Waals surface area contributed by atoms with Gasteiger partial charge in [0.1, 0.15) is 5.69 Å². The summed E-state index contributed by atoms with van der Waals surface area (Å²) in [6, 6.07) is 17.2. The van der Waals surface area contributed by atoms with E-state index in [4.69, 9.17) is 9.97 Å². The minimum Gasteiger partial charge on any atom is -0.465 e. The molecule has 3 N–H and O–H groups in total. The van der Waals surface area contributed by atoms with Gasteiger partial charge in [-0.15, -0.1) is 0 Å². The molecule has 216 valence electrons. The van der Waals surface area contributed by atoms with Gasteiger partial charge in [-0.2, -0.15) is 0 Å². The van der Waals surface area contributed by atoms with Crippen LogP contribution in [0.15, 0.2) is 54.7 Å². The summed E-state index contributed by atoms with van der Waals surface area (Å²) >= 11 is 0. The number of nitrogens with zero attached hydrogens (tertiary/aromatic N) is 4. The Morgan fingerprint density at radius 1 is 1.05 bits per heavy atom. The van der Waals surface area contributed by atoms with Gasteiger partial charge in [0.15, 0.2) is 11.6 Å². The van der Waals surface area contributed by atoms with Gasteiger partial charge >= 0.3 is 6.09 Å². The van der Waals surface area contributed by atoms with Crippen LogP contribution < -0.4 is 15.1 Å². The molecule has 2 aliphatic heterocycles. The number of aliphatic hydroxyl groups excluding tert-OH is 1. The fourth-order valence-electron chi connectivity index (χ4n) is 7.57. The van der Waals surface area contributed by atoms with E-state index in [9.17, 15) is 15.0 Å². The van der Waals surface area contributed by atoms with Gasteiger partial charge in [-0.1, -0.05) is 42.5 Å². The van der Waals surface area contributed by atoms with Crippen LogP contribution in [0.4, 0.5) is 22.1 Å². The Balaban J connectivity index is 1.23. The van der Waals surface area contributed by atoms with Crippen molar-refractivity contribution in [1.29, 1.82) is 0 Å². The summed E-state index contributed by atoms with van der Waals surface area (Å²) < 4.78 is 0. The van der Waals surface area contributed by atoms with Crippen LogP contribution in [0.5, 0.6) is 0 Å². The molecule has 8 nitrogen and oxygen atoms in total. The fourth-order valence-corrected chi connectivity index (χ4v) is 7.57. The number of fused-ring (bicyclic) bond motifs is 2. The summed E-state index contributed by atoms with van der Waals surface area (Å²) in [5, 5.41) is 22.6. The molecular formula is C33H41N5O3. The molecule has 1 atom stereocenters. The second kappa shape index (κ2) is 11.0. The van der Waals surface area contributed by atoms with E-state index in [1.54, 1.807) is 0 Å². The lowest BCUT2D eigenvalue weighted by Gasteiger charge is -2.46. The monoisotopic (exact) mass is 555 g/mol. The molecular weight excluding hydrogens is 514 g/mol. The first-order valence-electron chi connectivity index (χ1n) is 14.9. The van der Waals surface area contributed by atoms with Crippen molar-refractivity contribution in [3.8, 4) is 0 Å². The Kier molecular flexibility index (Phi) is 7.36. The number of carbonyl (C=O) groups is 1. The zero-order valence-corrected chi connectivity index (χ0v) is 24.1. The third kappa shape index (κ3) is 5.37. The maximum absolute atomic E-state index is 11.5. The van der Waals surface area contributed by atoms with E-state index in [-0.39, 0.29) is 17.9 Å². The van der Waals surface area contributed by atoms with Crippen molar-refractivity contribution in [3.63, 3.8) is 0 Å². The van der Waals surface area contributed by atoms with E-state index in [1.165, 1.54) is 22.4 Å². The molecule has 1 fully saturated rings. The van der Waals surface area contributed by atoms with Gasteiger partial charge in [0, 0.05) is 30.9 Å². The van der Waals surface area contributed by atoms with Crippen molar-refractivity contribution in [2.75, 3.05) is 29.4 Å². The number of aryl methyl sites for hydroxylation is 1. The summed E-state index contributed by atoms with van der Waals surface area (Å²) in [6.45, 7) is 6.35. The molecule has 6 rings (SSSR count). The Hall–Kier alpha value is -3.65. The highest BCUT2D eigenvalue weighted by molar-refractivity contribution is 5.66. The summed E-state index contributed by atoms with van der Waals surface area (Å²) in [5.41, 5.74) is 5.42. The Bertz CT molecular complexity index is 1420. The molecule has 8 heteroatoms. The van der Waals surface area contributed by atoms with Gasteiger partial charge in [-0.25, -0.2) is 14.8 Å². The molecule has 3 aromatic rings. The first kappa shape index (κ1) is 27.5. The number of rotatable bonds is 6. The van der Waals surface area contributed by atoms with Crippen LogP contribution in [0.1, 0.15) is 74.3 Å². The van der Waals surface area contributed by atoms with Crippen LogP contribution in [-0.4, -0.2) is 51.4 Å². The molecule has 1 amide bonds. The van der Waals surface area contributed by atoms with Crippen molar-refractivity contribution < 1.29 is 15.0 Å².